The Morgan fingerprint density at radius 1 is 1.00 bits per heavy atom. The first-order valence-corrected chi connectivity index (χ1v) is 10.5. The van der Waals surface area contributed by atoms with Gasteiger partial charge in [0, 0.05) is 32.6 Å². The molecule has 3 atom stereocenters. The molecule has 3 fully saturated rings. The van der Waals surface area contributed by atoms with E-state index in [2.05, 4.69) is 9.80 Å². The van der Waals surface area contributed by atoms with Gasteiger partial charge in [-0.1, -0.05) is 30.3 Å². The standard InChI is InChI=1S/C22H31N3O2/c1-23-20(26)12-11-19(21(23)17-8-3-2-4-9-17)22(27)25-15-7-10-18(16-25)24-13-5-6-14-24/h2-4,8-9,18-19,21H,5-7,10-16H2,1H3. The predicted octanol–water partition coefficient (Wildman–Crippen LogP) is 2.68. The molecule has 4 rings (SSSR count). The highest BCUT2D eigenvalue weighted by Gasteiger charge is 2.41. The predicted molar refractivity (Wildman–Crippen MR) is 105 cm³/mol. The molecular formula is C22H31N3O2. The lowest BCUT2D eigenvalue weighted by atomic mass is 9.83. The maximum atomic E-state index is 13.5. The summed E-state index contributed by atoms with van der Waals surface area (Å²) in [5.74, 6) is 0.251. The third-order valence-electron chi connectivity index (χ3n) is 6.68. The molecule has 1 aromatic carbocycles. The fourth-order valence-corrected chi connectivity index (χ4v) is 5.20. The maximum Gasteiger partial charge on any atom is 0.228 e. The first kappa shape index (κ1) is 18.5. The molecule has 1 aromatic rings. The van der Waals surface area contributed by atoms with Crippen molar-refractivity contribution in [2.75, 3.05) is 33.2 Å². The highest BCUT2D eigenvalue weighted by Crippen LogP contribution is 2.37. The summed E-state index contributed by atoms with van der Waals surface area (Å²) in [6, 6.07) is 10.4. The normalized spacial score (nSPS) is 30.0. The molecule has 3 aliphatic heterocycles. The molecule has 3 aliphatic rings. The van der Waals surface area contributed by atoms with Gasteiger partial charge in [-0.3, -0.25) is 14.5 Å². The van der Waals surface area contributed by atoms with Crippen molar-refractivity contribution in [3.05, 3.63) is 35.9 Å². The van der Waals surface area contributed by atoms with Crippen LogP contribution in [0.15, 0.2) is 30.3 Å². The highest BCUT2D eigenvalue weighted by atomic mass is 16.2. The first-order chi connectivity index (χ1) is 13.1. The van der Waals surface area contributed by atoms with E-state index in [9.17, 15) is 9.59 Å². The second-order valence-corrected chi connectivity index (χ2v) is 8.33. The number of piperidine rings is 2. The molecule has 0 spiro atoms. The van der Waals surface area contributed by atoms with Crippen molar-refractivity contribution in [1.29, 1.82) is 0 Å². The Morgan fingerprint density at radius 3 is 2.48 bits per heavy atom. The lowest BCUT2D eigenvalue weighted by Gasteiger charge is -2.43. The molecule has 5 heteroatoms. The monoisotopic (exact) mass is 369 g/mol. The van der Waals surface area contributed by atoms with Gasteiger partial charge in [-0.2, -0.15) is 0 Å². The van der Waals surface area contributed by atoms with Gasteiger partial charge in [-0.15, -0.1) is 0 Å². The van der Waals surface area contributed by atoms with Crippen molar-refractivity contribution in [3.63, 3.8) is 0 Å². The molecule has 0 radical (unpaired) electrons. The summed E-state index contributed by atoms with van der Waals surface area (Å²) in [6.45, 7) is 4.08. The van der Waals surface area contributed by atoms with E-state index in [1.165, 1.54) is 32.4 Å². The van der Waals surface area contributed by atoms with Crippen molar-refractivity contribution >= 4 is 11.8 Å². The van der Waals surface area contributed by atoms with Gasteiger partial charge in [0.2, 0.25) is 11.8 Å². The van der Waals surface area contributed by atoms with Crippen molar-refractivity contribution in [2.24, 2.45) is 5.92 Å². The first-order valence-electron chi connectivity index (χ1n) is 10.5. The Balaban J connectivity index is 1.52. The van der Waals surface area contributed by atoms with Crippen LogP contribution in [-0.4, -0.2) is 65.8 Å². The minimum Gasteiger partial charge on any atom is -0.341 e. The number of hydrogen-bond acceptors (Lipinski definition) is 3. The number of carbonyl (C=O) groups is 2. The van der Waals surface area contributed by atoms with E-state index in [1.54, 1.807) is 4.90 Å². The van der Waals surface area contributed by atoms with E-state index in [-0.39, 0.29) is 23.8 Å². The van der Waals surface area contributed by atoms with Gasteiger partial charge < -0.3 is 9.80 Å². The zero-order valence-corrected chi connectivity index (χ0v) is 16.3. The highest BCUT2D eigenvalue weighted by molar-refractivity contribution is 5.85. The molecule has 2 amide bonds. The Bertz CT molecular complexity index is 671. The Kier molecular flexibility index (Phi) is 5.48. The third kappa shape index (κ3) is 3.75. The quantitative estimate of drug-likeness (QED) is 0.823. The zero-order valence-electron chi connectivity index (χ0n) is 16.3. The fourth-order valence-electron chi connectivity index (χ4n) is 5.20. The lowest BCUT2D eigenvalue weighted by Crippen LogP contribution is -2.53. The van der Waals surface area contributed by atoms with Gasteiger partial charge in [0.1, 0.15) is 0 Å². The van der Waals surface area contributed by atoms with Crippen LogP contribution in [0.4, 0.5) is 0 Å². The number of amides is 2. The van der Waals surface area contributed by atoms with Crippen LogP contribution in [0.3, 0.4) is 0 Å². The van der Waals surface area contributed by atoms with Crippen molar-refractivity contribution in [3.8, 4) is 0 Å². The van der Waals surface area contributed by atoms with E-state index >= 15 is 0 Å². The van der Waals surface area contributed by atoms with Gasteiger partial charge in [-0.25, -0.2) is 0 Å². The largest absolute Gasteiger partial charge is 0.341 e. The summed E-state index contributed by atoms with van der Waals surface area (Å²) < 4.78 is 0. The molecule has 0 saturated carbocycles. The van der Waals surface area contributed by atoms with E-state index in [4.69, 9.17) is 0 Å². The van der Waals surface area contributed by atoms with Gasteiger partial charge in [0.15, 0.2) is 0 Å². The van der Waals surface area contributed by atoms with Crippen LogP contribution in [0.25, 0.3) is 0 Å². The molecule has 3 unspecified atom stereocenters. The van der Waals surface area contributed by atoms with Crippen molar-refractivity contribution in [1.82, 2.24) is 14.7 Å². The number of rotatable bonds is 3. The molecule has 146 valence electrons. The zero-order chi connectivity index (χ0) is 18.8. The Hall–Kier alpha value is -1.88. The molecule has 0 N–H and O–H groups in total. The third-order valence-corrected chi connectivity index (χ3v) is 6.68. The van der Waals surface area contributed by atoms with E-state index in [0.717, 1.165) is 25.1 Å². The van der Waals surface area contributed by atoms with Gasteiger partial charge in [-0.05, 0) is 50.8 Å². The molecule has 27 heavy (non-hydrogen) atoms. The molecule has 3 saturated heterocycles. The van der Waals surface area contributed by atoms with Crippen LogP contribution < -0.4 is 0 Å². The van der Waals surface area contributed by atoms with Crippen molar-refractivity contribution in [2.45, 2.75) is 50.6 Å². The van der Waals surface area contributed by atoms with Gasteiger partial charge in [0.25, 0.3) is 0 Å². The number of hydrogen-bond donors (Lipinski definition) is 0. The molecular weight excluding hydrogens is 338 g/mol. The lowest BCUT2D eigenvalue weighted by molar-refractivity contribution is -0.148. The average molecular weight is 370 g/mol. The second-order valence-electron chi connectivity index (χ2n) is 8.33. The fraction of sp³-hybridized carbons (Fsp3) is 0.636. The van der Waals surface area contributed by atoms with Crippen LogP contribution in [0.2, 0.25) is 0 Å². The smallest absolute Gasteiger partial charge is 0.228 e. The number of carbonyl (C=O) groups excluding carboxylic acids is 2. The van der Waals surface area contributed by atoms with E-state index in [0.29, 0.717) is 18.9 Å². The summed E-state index contributed by atoms with van der Waals surface area (Å²) >= 11 is 0. The molecule has 5 nitrogen and oxygen atoms in total. The Morgan fingerprint density at radius 2 is 1.74 bits per heavy atom. The average Bonchev–Trinajstić information content (AvgIpc) is 3.25. The van der Waals surface area contributed by atoms with E-state index in [1.807, 2.05) is 37.4 Å². The maximum absolute atomic E-state index is 13.5. The minimum absolute atomic E-state index is 0.132. The topological polar surface area (TPSA) is 43.9 Å². The van der Waals surface area contributed by atoms with Gasteiger partial charge >= 0.3 is 0 Å². The number of benzene rings is 1. The summed E-state index contributed by atoms with van der Waals surface area (Å²) in [5, 5.41) is 0. The summed E-state index contributed by atoms with van der Waals surface area (Å²) in [6.07, 6.45) is 6.00. The second kappa shape index (κ2) is 8.01. The summed E-state index contributed by atoms with van der Waals surface area (Å²) in [5.41, 5.74) is 1.07. The van der Waals surface area contributed by atoms with Crippen molar-refractivity contribution < 1.29 is 9.59 Å². The SMILES string of the molecule is CN1C(=O)CCC(C(=O)N2CCCC(N3CCCC3)C2)C1c1ccccc1. The summed E-state index contributed by atoms with van der Waals surface area (Å²) in [4.78, 5) is 32.3. The van der Waals surface area contributed by atoms with E-state index < -0.39 is 0 Å². The van der Waals surface area contributed by atoms with Gasteiger partial charge in [0.05, 0.1) is 12.0 Å². The molecule has 0 bridgehead atoms. The van der Waals surface area contributed by atoms with Crippen LogP contribution in [-0.2, 0) is 9.59 Å². The van der Waals surface area contributed by atoms with Crippen LogP contribution >= 0.6 is 0 Å². The number of nitrogens with zero attached hydrogens (tertiary/aromatic N) is 3. The van der Waals surface area contributed by atoms with Crippen LogP contribution in [0.1, 0.15) is 50.1 Å². The molecule has 0 aliphatic carbocycles. The molecule has 3 heterocycles. The van der Waals surface area contributed by atoms with Crippen LogP contribution in [0.5, 0.6) is 0 Å². The van der Waals surface area contributed by atoms with Crippen LogP contribution in [0, 0.1) is 5.92 Å². The summed E-state index contributed by atoms with van der Waals surface area (Å²) in [7, 11) is 1.85. The number of likely N-dealkylation sites (tertiary alicyclic amines) is 3. The Labute approximate surface area is 162 Å². The minimum atomic E-state index is -0.146. The molecule has 0 aromatic heterocycles.